The summed E-state index contributed by atoms with van der Waals surface area (Å²) in [6.45, 7) is 3.88. The average Bonchev–Trinajstić information content (AvgIpc) is 3.07. The van der Waals surface area contributed by atoms with Crippen molar-refractivity contribution in [3.63, 3.8) is 0 Å². The summed E-state index contributed by atoms with van der Waals surface area (Å²) >= 11 is 0. The van der Waals surface area contributed by atoms with Gasteiger partial charge in [0.1, 0.15) is 17.2 Å². The molecular formula is C23H25N3O4. The number of rotatable bonds is 7. The highest BCUT2D eigenvalue weighted by atomic mass is 16.5. The fourth-order valence-corrected chi connectivity index (χ4v) is 3.34. The van der Waals surface area contributed by atoms with E-state index in [1.54, 1.807) is 33.5 Å². The molecule has 1 amide bonds. The molecule has 0 bridgehead atoms. The zero-order valence-electron chi connectivity index (χ0n) is 17.7. The van der Waals surface area contributed by atoms with Crippen molar-refractivity contribution in [2.24, 2.45) is 5.10 Å². The van der Waals surface area contributed by atoms with Crippen molar-refractivity contribution in [3.8, 4) is 22.9 Å². The van der Waals surface area contributed by atoms with E-state index in [2.05, 4.69) is 10.5 Å². The number of carbonyl (C=O) groups is 1. The zero-order valence-corrected chi connectivity index (χ0v) is 17.7. The van der Waals surface area contributed by atoms with Crippen LogP contribution in [0.3, 0.4) is 0 Å². The molecule has 7 heteroatoms. The fraction of sp³-hybridized carbons (Fsp3) is 0.217. The van der Waals surface area contributed by atoms with E-state index in [0.29, 0.717) is 28.4 Å². The number of aryl methyl sites for hydroxylation is 1. The molecule has 1 aromatic heterocycles. The molecule has 0 atom stereocenters. The maximum absolute atomic E-state index is 12.7. The van der Waals surface area contributed by atoms with Gasteiger partial charge < -0.3 is 18.8 Å². The quantitative estimate of drug-likeness (QED) is 0.476. The third-order valence-corrected chi connectivity index (χ3v) is 4.80. The number of nitrogens with one attached hydrogen (secondary N) is 1. The maximum atomic E-state index is 12.7. The van der Waals surface area contributed by atoms with Gasteiger partial charge in [0, 0.05) is 29.2 Å². The van der Waals surface area contributed by atoms with Gasteiger partial charge in [0.2, 0.25) is 0 Å². The Balaban J connectivity index is 1.84. The van der Waals surface area contributed by atoms with Gasteiger partial charge >= 0.3 is 0 Å². The molecule has 3 rings (SSSR count). The average molecular weight is 407 g/mol. The summed E-state index contributed by atoms with van der Waals surface area (Å²) in [6.07, 6.45) is 1.49. The Kier molecular flexibility index (Phi) is 6.41. The number of amides is 1. The van der Waals surface area contributed by atoms with E-state index in [4.69, 9.17) is 14.2 Å². The molecule has 0 unspecified atom stereocenters. The van der Waals surface area contributed by atoms with Gasteiger partial charge in [-0.15, -0.1) is 0 Å². The Bertz CT molecular complexity index is 1050. The Morgan fingerprint density at radius 1 is 0.967 bits per heavy atom. The molecule has 7 nitrogen and oxygen atoms in total. The number of para-hydroxylation sites is 1. The number of carbonyl (C=O) groups excluding carboxylic acids is 1. The lowest BCUT2D eigenvalue weighted by Crippen LogP contribution is -2.18. The van der Waals surface area contributed by atoms with E-state index in [9.17, 15) is 4.79 Å². The summed E-state index contributed by atoms with van der Waals surface area (Å²) < 4.78 is 18.1. The van der Waals surface area contributed by atoms with E-state index >= 15 is 0 Å². The molecule has 2 aromatic carbocycles. The minimum absolute atomic E-state index is 0.298. The standard InChI is InChI=1S/C23H25N3O4/c1-15-11-19(16(2)26(15)17-9-7-6-8-10-17)23(27)25-24-14-20-21(29-4)12-18(28-3)13-22(20)30-5/h6-14H,1-5H3,(H,25,27)/b24-14-. The van der Waals surface area contributed by atoms with Crippen LogP contribution in [0.1, 0.15) is 27.3 Å². The highest BCUT2D eigenvalue weighted by Crippen LogP contribution is 2.32. The molecule has 156 valence electrons. The van der Waals surface area contributed by atoms with Crippen LogP contribution in [0, 0.1) is 13.8 Å². The van der Waals surface area contributed by atoms with Crippen molar-refractivity contribution in [1.29, 1.82) is 0 Å². The van der Waals surface area contributed by atoms with E-state index in [-0.39, 0.29) is 5.91 Å². The normalized spacial score (nSPS) is 10.8. The lowest BCUT2D eigenvalue weighted by atomic mass is 10.2. The van der Waals surface area contributed by atoms with Crippen LogP contribution in [0.25, 0.3) is 5.69 Å². The van der Waals surface area contributed by atoms with Gasteiger partial charge in [-0.2, -0.15) is 5.10 Å². The van der Waals surface area contributed by atoms with Crippen LogP contribution < -0.4 is 19.6 Å². The molecule has 0 aliphatic heterocycles. The van der Waals surface area contributed by atoms with E-state index in [1.807, 2.05) is 54.8 Å². The van der Waals surface area contributed by atoms with Gasteiger partial charge in [-0.3, -0.25) is 4.79 Å². The topological polar surface area (TPSA) is 74.1 Å². The molecule has 3 aromatic rings. The van der Waals surface area contributed by atoms with Gasteiger partial charge in [0.05, 0.1) is 38.7 Å². The first-order chi connectivity index (χ1) is 14.5. The minimum atomic E-state index is -0.298. The predicted octanol–water partition coefficient (Wildman–Crippen LogP) is 3.88. The number of aromatic nitrogens is 1. The second kappa shape index (κ2) is 9.17. The zero-order chi connectivity index (χ0) is 21.7. The monoisotopic (exact) mass is 407 g/mol. The number of ether oxygens (including phenoxy) is 3. The fourth-order valence-electron chi connectivity index (χ4n) is 3.34. The lowest BCUT2D eigenvalue weighted by molar-refractivity contribution is 0.0954. The molecule has 0 aliphatic rings. The highest BCUT2D eigenvalue weighted by Gasteiger charge is 2.17. The Morgan fingerprint density at radius 2 is 1.60 bits per heavy atom. The maximum Gasteiger partial charge on any atom is 0.273 e. The SMILES string of the molecule is COc1cc(OC)c(/C=N\NC(=O)c2cc(C)n(-c3ccccc3)c2C)c(OC)c1. The van der Waals surface area contributed by atoms with Crippen molar-refractivity contribution < 1.29 is 19.0 Å². The Morgan fingerprint density at radius 3 is 2.17 bits per heavy atom. The van der Waals surface area contributed by atoms with Crippen LogP contribution in [0.5, 0.6) is 17.2 Å². The predicted molar refractivity (Wildman–Crippen MR) is 116 cm³/mol. The van der Waals surface area contributed by atoms with Crippen LogP contribution >= 0.6 is 0 Å². The summed E-state index contributed by atoms with van der Waals surface area (Å²) in [7, 11) is 4.65. The van der Waals surface area contributed by atoms with Crippen molar-refractivity contribution in [3.05, 3.63) is 71.0 Å². The summed E-state index contributed by atoms with van der Waals surface area (Å²) in [4.78, 5) is 12.7. The van der Waals surface area contributed by atoms with Crippen molar-refractivity contribution >= 4 is 12.1 Å². The third kappa shape index (κ3) is 4.15. The number of methoxy groups -OCH3 is 3. The van der Waals surface area contributed by atoms with Crippen LogP contribution in [-0.4, -0.2) is 38.0 Å². The number of hydrogen-bond donors (Lipinski definition) is 1. The Hall–Kier alpha value is -3.74. The van der Waals surface area contributed by atoms with Gasteiger partial charge in [0.25, 0.3) is 5.91 Å². The molecule has 0 saturated heterocycles. The molecule has 1 heterocycles. The molecular weight excluding hydrogens is 382 g/mol. The largest absolute Gasteiger partial charge is 0.496 e. The van der Waals surface area contributed by atoms with Crippen LogP contribution in [0.4, 0.5) is 0 Å². The van der Waals surface area contributed by atoms with Gasteiger partial charge in [-0.25, -0.2) is 5.43 Å². The molecule has 30 heavy (non-hydrogen) atoms. The highest BCUT2D eigenvalue weighted by molar-refractivity contribution is 5.97. The van der Waals surface area contributed by atoms with Gasteiger partial charge in [-0.1, -0.05) is 18.2 Å². The molecule has 1 N–H and O–H groups in total. The summed E-state index contributed by atoms with van der Waals surface area (Å²) in [5.74, 6) is 1.34. The first kappa shape index (κ1) is 21.0. The Labute approximate surface area is 175 Å². The third-order valence-electron chi connectivity index (χ3n) is 4.80. The van der Waals surface area contributed by atoms with Crippen LogP contribution in [0.2, 0.25) is 0 Å². The summed E-state index contributed by atoms with van der Waals surface area (Å²) in [6, 6.07) is 15.2. The van der Waals surface area contributed by atoms with Gasteiger partial charge in [0.15, 0.2) is 0 Å². The van der Waals surface area contributed by atoms with Crippen molar-refractivity contribution in [2.75, 3.05) is 21.3 Å². The molecule has 0 aliphatic carbocycles. The second-order valence-electron chi connectivity index (χ2n) is 6.60. The smallest absolute Gasteiger partial charge is 0.273 e. The van der Waals surface area contributed by atoms with Crippen LogP contribution in [0.15, 0.2) is 53.6 Å². The van der Waals surface area contributed by atoms with Crippen LogP contribution in [-0.2, 0) is 0 Å². The number of hydrazone groups is 1. The first-order valence-electron chi connectivity index (χ1n) is 9.38. The number of benzene rings is 2. The summed E-state index contributed by atoms with van der Waals surface area (Å²) in [5.41, 5.74) is 6.54. The van der Waals surface area contributed by atoms with E-state index in [1.165, 1.54) is 6.21 Å². The van der Waals surface area contributed by atoms with Gasteiger partial charge in [-0.05, 0) is 32.0 Å². The number of nitrogens with zero attached hydrogens (tertiary/aromatic N) is 2. The van der Waals surface area contributed by atoms with Crippen molar-refractivity contribution in [1.82, 2.24) is 9.99 Å². The second-order valence-corrected chi connectivity index (χ2v) is 6.60. The summed E-state index contributed by atoms with van der Waals surface area (Å²) in [5, 5.41) is 4.11. The van der Waals surface area contributed by atoms with E-state index in [0.717, 1.165) is 17.1 Å². The molecule has 0 fully saturated rings. The molecule has 0 spiro atoms. The first-order valence-corrected chi connectivity index (χ1v) is 9.38. The van der Waals surface area contributed by atoms with Crippen molar-refractivity contribution in [2.45, 2.75) is 13.8 Å². The minimum Gasteiger partial charge on any atom is -0.496 e. The van der Waals surface area contributed by atoms with E-state index < -0.39 is 0 Å². The lowest BCUT2D eigenvalue weighted by Gasteiger charge is -2.12. The molecule has 0 saturated carbocycles. The molecule has 0 radical (unpaired) electrons. The number of hydrogen-bond acceptors (Lipinski definition) is 5.